The number of nitrogens with one attached hydrogen (secondary N) is 2. The van der Waals surface area contributed by atoms with E-state index in [0.717, 1.165) is 69.2 Å². The minimum atomic E-state index is 0.00596. The number of carbonyl (C=O) groups excluding carboxylic acids is 1. The van der Waals surface area contributed by atoms with Crippen molar-refractivity contribution in [2.75, 3.05) is 37.6 Å². The lowest BCUT2D eigenvalue weighted by Gasteiger charge is -2.42. The summed E-state index contributed by atoms with van der Waals surface area (Å²) in [6.45, 7) is 6.58. The molecule has 2 aliphatic heterocycles. The first-order valence-corrected chi connectivity index (χ1v) is 10.00. The zero-order valence-electron chi connectivity index (χ0n) is 16.0. The van der Waals surface area contributed by atoms with E-state index >= 15 is 0 Å². The zero-order valence-corrected chi connectivity index (χ0v) is 16.0. The summed E-state index contributed by atoms with van der Waals surface area (Å²) in [4.78, 5) is 31.1. The maximum absolute atomic E-state index is 12.2. The SMILES string of the molecule is CC(=O)NCCCN1CCC(N2CCc3c[nH]c(=O)c4cccc2c34)CC1. The van der Waals surface area contributed by atoms with Gasteiger partial charge in [-0.05, 0) is 49.9 Å². The van der Waals surface area contributed by atoms with Crippen molar-refractivity contribution in [2.24, 2.45) is 0 Å². The van der Waals surface area contributed by atoms with Gasteiger partial charge in [-0.15, -0.1) is 0 Å². The Balaban J connectivity index is 1.42. The summed E-state index contributed by atoms with van der Waals surface area (Å²) in [7, 11) is 0. The minimum absolute atomic E-state index is 0.00596. The molecule has 0 aliphatic carbocycles. The summed E-state index contributed by atoms with van der Waals surface area (Å²) in [5.41, 5.74) is 2.49. The molecule has 1 amide bonds. The molecule has 1 saturated heterocycles. The smallest absolute Gasteiger partial charge is 0.255 e. The molecule has 0 bridgehead atoms. The Morgan fingerprint density at radius 1 is 1.26 bits per heavy atom. The maximum atomic E-state index is 12.2. The van der Waals surface area contributed by atoms with E-state index < -0.39 is 0 Å². The molecule has 6 nitrogen and oxygen atoms in total. The normalized spacial score (nSPS) is 18.0. The monoisotopic (exact) mass is 368 g/mol. The third-order valence-corrected chi connectivity index (χ3v) is 5.94. The summed E-state index contributed by atoms with van der Waals surface area (Å²) in [6, 6.07) is 6.65. The molecule has 3 heterocycles. The average Bonchev–Trinajstić information content (AvgIpc) is 2.68. The Labute approximate surface area is 159 Å². The van der Waals surface area contributed by atoms with Gasteiger partial charge in [0.1, 0.15) is 0 Å². The van der Waals surface area contributed by atoms with Crippen molar-refractivity contribution in [2.45, 2.75) is 38.6 Å². The molecule has 4 rings (SSSR count). The lowest BCUT2D eigenvalue weighted by molar-refractivity contribution is -0.118. The number of benzene rings is 1. The largest absolute Gasteiger partial charge is 0.368 e. The summed E-state index contributed by atoms with van der Waals surface area (Å²) >= 11 is 0. The van der Waals surface area contributed by atoms with Gasteiger partial charge < -0.3 is 20.1 Å². The van der Waals surface area contributed by atoms with Gasteiger partial charge in [0.05, 0.1) is 0 Å². The van der Waals surface area contributed by atoms with Crippen molar-refractivity contribution in [3.8, 4) is 0 Å². The predicted molar refractivity (Wildman–Crippen MR) is 108 cm³/mol. The average molecular weight is 368 g/mol. The van der Waals surface area contributed by atoms with Gasteiger partial charge in [0.15, 0.2) is 0 Å². The standard InChI is InChI=1S/C21H28N4O2/c1-15(26)22-9-3-10-24-11-7-17(8-12-24)25-13-6-16-14-23-21(27)18-4-2-5-19(25)20(16)18/h2,4-5,14,17H,3,6-13H2,1H3,(H,22,26)(H,23,27). The molecule has 144 valence electrons. The van der Waals surface area contributed by atoms with E-state index in [-0.39, 0.29) is 11.5 Å². The lowest BCUT2D eigenvalue weighted by atomic mass is 9.94. The van der Waals surface area contributed by atoms with E-state index in [0.29, 0.717) is 6.04 Å². The quantitative estimate of drug-likeness (QED) is 0.791. The number of aromatic amines is 1. The number of hydrogen-bond acceptors (Lipinski definition) is 4. The number of H-pyrrole nitrogens is 1. The van der Waals surface area contributed by atoms with Crippen LogP contribution in [0.5, 0.6) is 0 Å². The molecule has 1 aromatic heterocycles. The van der Waals surface area contributed by atoms with Crippen molar-refractivity contribution >= 4 is 22.4 Å². The van der Waals surface area contributed by atoms with Crippen LogP contribution in [-0.4, -0.2) is 54.6 Å². The number of carbonyl (C=O) groups is 1. The highest BCUT2D eigenvalue weighted by Crippen LogP contribution is 2.35. The van der Waals surface area contributed by atoms with Crippen LogP contribution in [0.3, 0.4) is 0 Å². The Morgan fingerprint density at radius 2 is 2.07 bits per heavy atom. The lowest BCUT2D eigenvalue weighted by Crippen LogP contribution is -2.47. The van der Waals surface area contributed by atoms with E-state index in [1.165, 1.54) is 11.3 Å². The summed E-state index contributed by atoms with van der Waals surface area (Å²) in [5, 5.41) is 4.82. The summed E-state index contributed by atoms with van der Waals surface area (Å²) in [6.07, 6.45) is 6.18. The molecular formula is C21H28N4O2. The first-order valence-electron chi connectivity index (χ1n) is 10.00. The molecule has 1 fully saturated rings. The molecule has 2 aliphatic rings. The molecule has 0 atom stereocenters. The highest BCUT2D eigenvalue weighted by molar-refractivity contribution is 5.97. The topological polar surface area (TPSA) is 68.4 Å². The molecule has 0 saturated carbocycles. The zero-order chi connectivity index (χ0) is 18.8. The molecular weight excluding hydrogens is 340 g/mol. The molecule has 2 aromatic rings. The summed E-state index contributed by atoms with van der Waals surface area (Å²) in [5.74, 6) is 0.0482. The van der Waals surface area contributed by atoms with Gasteiger partial charge in [-0.2, -0.15) is 0 Å². The number of anilines is 1. The van der Waals surface area contributed by atoms with Gasteiger partial charge >= 0.3 is 0 Å². The van der Waals surface area contributed by atoms with Crippen LogP contribution in [0, 0.1) is 0 Å². The number of hydrogen-bond donors (Lipinski definition) is 2. The fourth-order valence-corrected chi connectivity index (χ4v) is 4.57. The van der Waals surface area contributed by atoms with Crippen LogP contribution in [0.4, 0.5) is 5.69 Å². The number of likely N-dealkylation sites (tertiary alicyclic amines) is 1. The predicted octanol–water partition coefficient (Wildman–Crippen LogP) is 1.88. The van der Waals surface area contributed by atoms with Crippen molar-refractivity contribution < 1.29 is 4.79 Å². The number of pyridine rings is 1. The van der Waals surface area contributed by atoms with Gasteiger partial charge in [-0.1, -0.05) is 6.07 Å². The second kappa shape index (κ2) is 7.72. The van der Waals surface area contributed by atoms with Crippen LogP contribution in [0.1, 0.15) is 31.7 Å². The van der Waals surface area contributed by atoms with Crippen molar-refractivity contribution in [1.29, 1.82) is 0 Å². The van der Waals surface area contributed by atoms with E-state index in [9.17, 15) is 9.59 Å². The van der Waals surface area contributed by atoms with Crippen LogP contribution < -0.4 is 15.8 Å². The summed E-state index contributed by atoms with van der Waals surface area (Å²) < 4.78 is 0. The van der Waals surface area contributed by atoms with Crippen LogP contribution in [-0.2, 0) is 11.2 Å². The number of rotatable bonds is 5. The number of aromatic nitrogens is 1. The van der Waals surface area contributed by atoms with E-state index in [2.05, 4.69) is 26.2 Å². The Hall–Kier alpha value is -2.34. The maximum Gasteiger partial charge on any atom is 0.255 e. The van der Waals surface area contributed by atoms with Crippen LogP contribution in [0.15, 0.2) is 29.2 Å². The Bertz CT molecular complexity index is 883. The fourth-order valence-electron chi connectivity index (χ4n) is 4.57. The van der Waals surface area contributed by atoms with Crippen LogP contribution >= 0.6 is 0 Å². The Kier molecular flexibility index (Phi) is 5.16. The van der Waals surface area contributed by atoms with Crippen molar-refractivity contribution in [3.63, 3.8) is 0 Å². The van der Waals surface area contributed by atoms with E-state index in [1.54, 1.807) is 6.92 Å². The van der Waals surface area contributed by atoms with Crippen molar-refractivity contribution in [3.05, 3.63) is 40.3 Å². The number of amides is 1. The fraction of sp³-hybridized carbons (Fsp3) is 0.524. The number of nitrogens with zero attached hydrogens (tertiary/aromatic N) is 2. The second-order valence-corrected chi connectivity index (χ2v) is 7.70. The molecule has 2 N–H and O–H groups in total. The molecule has 0 spiro atoms. The number of piperidine rings is 1. The molecule has 6 heteroatoms. The Morgan fingerprint density at radius 3 is 2.85 bits per heavy atom. The molecule has 0 unspecified atom stereocenters. The highest BCUT2D eigenvalue weighted by atomic mass is 16.1. The molecule has 1 aromatic carbocycles. The van der Waals surface area contributed by atoms with Gasteiger partial charge in [0.25, 0.3) is 5.56 Å². The van der Waals surface area contributed by atoms with E-state index in [4.69, 9.17) is 0 Å². The first kappa shape index (κ1) is 18.0. The highest BCUT2D eigenvalue weighted by Gasteiger charge is 2.28. The molecule has 27 heavy (non-hydrogen) atoms. The molecule has 0 radical (unpaired) electrons. The van der Waals surface area contributed by atoms with Crippen LogP contribution in [0.25, 0.3) is 10.8 Å². The van der Waals surface area contributed by atoms with Gasteiger partial charge in [-0.3, -0.25) is 9.59 Å². The van der Waals surface area contributed by atoms with Gasteiger partial charge in [0.2, 0.25) is 5.91 Å². The third-order valence-electron chi connectivity index (χ3n) is 5.94. The van der Waals surface area contributed by atoms with Crippen molar-refractivity contribution in [1.82, 2.24) is 15.2 Å². The van der Waals surface area contributed by atoms with E-state index in [1.807, 2.05) is 18.3 Å². The minimum Gasteiger partial charge on any atom is -0.368 e. The third kappa shape index (κ3) is 3.72. The second-order valence-electron chi connectivity index (χ2n) is 7.70. The first-order chi connectivity index (χ1) is 13.1. The van der Waals surface area contributed by atoms with Gasteiger partial charge in [0, 0.05) is 61.8 Å². The van der Waals surface area contributed by atoms with Gasteiger partial charge in [-0.25, -0.2) is 0 Å². The van der Waals surface area contributed by atoms with Crippen LogP contribution in [0.2, 0.25) is 0 Å².